The minimum absolute atomic E-state index is 0.559. The summed E-state index contributed by atoms with van der Waals surface area (Å²) >= 11 is 0. The van der Waals surface area contributed by atoms with Crippen molar-refractivity contribution in [3.8, 4) is 0 Å². The molecule has 0 saturated heterocycles. The topological polar surface area (TPSA) is 26.0 Å². The first-order chi connectivity index (χ1) is 6.72. The summed E-state index contributed by atoms with van der Waals surface area (Å²) in [4.78, 5) is 0. The Kier molecular flexibility index (Phi) is 1.96. The smallest absolute Gasteiger partial charge is 0.0127 e. The first-order valence-corrected chi connectivity index (χ1v) is 6.48. The van der Waals surface area contributed by atoms with E-state index in [9.17, 15) is 0 Å². The van der Waals surface area contributed by atoms with E-state index in [1.54, 1.807) is 0 Å². The molecule has 1 unspecified atom stereocenters. The van der Waals surface area contributed by atoms with Crippen LogP contribution in [0.5, 0.6) is 0 Å². The van der Waals surface area contributed by atoms with Gasteiger partial charge in [-0.25, -0.2) is 0 Å². The first kappa shape index (κ1) is 9.21. The molecule has 0 aromatic carbocycles. The van der Waals surface area contributed by atoms with Gasteiger partial charge in [-0.05, 0) is 55.3 Å². The maximum atomic E-state index is 6.49. The van der Waals surface area contributed by atoms with Crippen molar-refractivity contribution in [2.24, 2.45) is 28.9 Å². The maximum absolute atomic E-state index is 6.49. The summed E-state index contributed by atoms with van der Waals surface area (Å²) in [5, 5.41) is 0. The van der Waals surface area contributed by atoms with Gasteiger partial charge in [0, 0.05) is 6.04 Å². The van der Waals surface area contributed by atoms with Crippen molar-refractivity contribution in [3.63, 3.8) is 0 Å². The molecule has 3 aliphatic carbocycles. The third kappa shape index (κ3) is 1.05. The molecule has 0 heterocycles. The SMILES string of the molecule is C[C@@H]1CCCC2(C1)[C@@H]1CC[C@@H](C1)[C@@H]2N. The Morgan fingerprint density at radius 1 is 1.21 bits per heavy atom. The molecule has 3 saturated carbocycles. The molecular weight excluding hydrogens is 170 g/mol. The molecule has 2 N–H and O–H groups in total. The van der Waals surface area contributed by atoms with Crippen molar-refractivity contribution < 1.29 is 0 Å². The molecule has 1 nitrogen and oxygen atoms in total. The second-order valence-electron chi connectivity index (χ2n) is 6.23. The van der Waals surface area contributed by atoms with Crippen LogP contribution in [0.2, 0.25) is 0 Å². The number of fused-ring (bicyclic) bond motifs is 3. The van der Waals surface area contributed by atoms with Crippen molar-refractivity contribution in [2.45, 2.75) is 57.9 Å². The zero-order chi connectivity index (χ0) is 9.76. The molecule has 0 radical (unpaired) electrons. The van der Waals surface area contributed by atoms with Gasteiger partial charge in [-0.2, -0.15) is 0 Å². The highest BCUT2D eigenvalue weighted by atomic mass is 14.8. The van der Waals surface area contributed by atoms with Crippen LogP contribution >= 0.6 is 0 Å². The van der Waals surface area contributed by atoms with E-state index in [4.69, 9.17) is 5.73 Å². The maximum Gasteiger partial charge on any atom is 0.0127 e. The molecule has 3 fully saturated rings. The van der Waals surface area contributed by atoms with Crippen LogP contribution in [-0.4, -0.2) is 6.04 Å². The third-order valence-electron chi connectivity index (χ3n) is 5.53. The third-order valence-corrected chi connectivity index (χ3v) is 5.53. The normalized spacial score (nSPS) is 57.0. The van der Waals surface area contributed by atoms with Crippen molar-refractivity contribution in [1.82, 2.24) is 0 Å². The van der Waals surface area contributed by atoms with Gasteiger partial charge in [-0.3, -0.25) is 0 Å². The predicted molar refractivity (Wildman–Crippen MR) is 58.9 cm³/mol. The monoisotopic (exact) mass is 193 g/mol. The van der Waals surface area contributed by atoms with Gasteiger partial charge in [0.2, 0.25) is 0 Å². The number of nitrogens with two attached hydrogens (primary N) is 1. The largest absolute Gasteiger partial charge is 0.327 e. The van der Waals surface area contributed by atoms with Crippen LogP contribution in [-0.2, 0) is 0 Å². The molecule has 1 spiro atoms. The van der Waals surface area contributed by atoms with E-state index in [2.05, 4.69) is 6.92 Å². The average Bonchev–Trinajstić information content (AvgIpc) is 2.71. The van der Waals surface area contributed by atoms with Gasteiger partial charge in [0.15, 0.2) is 0 Å². The summed E-state index contributed by atoms with van der Waals surface area (Å²) in [6, 6.07) is 0.559. The Bertz CT molecular complexity index is 233. The summed E-state index contributed by atoms with van der Waals surface area (Å²) in [6.45, 7) is 2.43. The molecule has 0 aromatic heterocycles. The van der Waals surface area contributed by atoms with Gasteiger partial charge in [-0.1, -0.05) is 19.8 Å². The molecule has 0 amide bonds. The quantitative estimate of drug-likeness (QED) is 0.629. The Morgan fingerprint density at radius 3 is 2.71 bits per heavy atom. The highest BCUT2D eigenvalue weighted by Crippen LogP contribution is 2.61. The number of hydrogen-bond donors (Lipinski definition) is 1. The molecule has 0 aliphatic heterocycles. The van der Waals surface area contributed by atoms with Gasteiger partial charge in [-0.15, -0.1) is 0 Å². The van der Waals surface area contributed by atoms with E-state index in [-0.39, 0.29) is 0 Å². The van der Waals surface area contributed by atoms with Crippen molar-refractivity contribution in [2.75, 3.05) is 0 Å². The van der Waals surface area contributed by atoms with E-state index >= 15 is 0 Å². The molecule has 2 bridgehead atoms. The number of rotatable bonds is 0. The Hall–Kier alpha value is -0.0400. The van der Waals surface area contributed by atoms with Crippen molar-refractivity contribution in [3.05, 3.63) is 0 Å². The standard InChI is InChI=1S/C13H23N/c1-9-3-2-6-13(8-9)11-5-4-10(7-11)12(13)14/h9-12H,2-8,14H2,1H3/t9-,10+,11-,12+,13?/m1/s1. The fraction of sp³-hybridized carbons (Fsp3) is 1.00. The second-order valence-corrected chi connectivity index (χ2v) is 6.23. The highest BCUT2D eigenvalue weighted by molar-refractivity contribution is 5.09. The Balaban J connectivity index is 1.87. The zero-order valence-corrected chi connectivity index (χ0v) is 9.34. The molecule has 3 aliphatic rings. The fourth-order valence-corrected chi connectivity index (χ4v) is 4.91. The number of hydrogen-bond acceptors (Lipinski definition) is 1. The summed E-state index contributed by atoms with van der Waals surface area (Å²) in [6.07, 6.45) is 10.2. The van der Waals surface area contributed by atoms with Crippen LogP contribution in [0, 0.1) is 23.2 Å². The lowest BCUT2D eigenvalue weighted by atomic mass is 9.60. The lowest BCUT2D eigenvalue weighted by Crippen LogP contribution is -2.48. The van der Waals surface area contributed by atoms with Gasteiger partial charge in [0.25, 0.3) is 0 Å². The van der Waals surface area contributed by atoms with E-state index in [0.717, 1.165) is 17.8 Å². The van der Waals surface area contributed by atoms with Crippen LogP contribution in [0.15, 0.2) is 0 Å². The predicted octanol–water partition coefficient (Wildman–Crippen LogP) is 2.94. The first-order valence-electron chi connectivity index (χ1n) is 6.48. The fourth-order valence-electron chi connectivity index (χ4n) is 4.91. The Labute approximate surface area is 87.4 Å². The summed E-state index contributed by atoms with van der Waals surface area (Å²) in [5.41, 5.74) is 7.09. The molecule has 1 heteroatoms. The van der Waals surface area contributed by atoms with E-state index in [0.29, 0.717) is 11.5 Å². The summed E-state index contributed by atoms with van der Waals surface area (Å²) < 4.78 is 0. The van der Waals surface area contributed by atoms with Crippen LogP contribution in [0.4, 0.5) is 0 Å². The lowest BCUT2D eigenvalue weighted by Gasteiger charge is -2.47. The molecule has 14 heavy (non-hydrogen) atoms. The second kappa shape index (κ2) is 2.98. The lowest BCUT2D eigenvalue weighted by molar-refractivity contribution is 0.0531. The summed E-state index contributed by atoms with van der Waals surface area (Å²) in [5.74, 6) is 2.84. The minimum atomic E-state index is 0.559. The van der Waals surface area contributed by atoms with Gasteiger partial charge in [0.1, 0.15) is 0 Å². The van der Waals surface area contributed by atoms with Gasteiger partial charge >= 0.3 is 0 Å². The van der Waals surface area contributed by atoms with E-state index in [1.807, 2.05) is 0 Å². The average molecular weight is 193 g/mol. The van der Waals surface area contributed by atoms with E-state index < -0.39 is 0 Å². The zero-order valence-electron chi connectivity index (χ0n) is 9.34. The van der Waals surface area contributed by atoms with Crippen molar-refractivity contribution >= 4 is 0 Å². The van der Waals surface area contributed by atoms with Gasteiger partial charge in [0.05, 0.1) is 0 Å². The van der Waals surface area contributed by atoms with Crippen LogP contribution in [0.3, 0.4) is 0 Å². The van der Waals surface area contributed by atoms with Crippen LogP contribution in [0.1, 0.15) is 51.9 Å². The van der Waals surface area contributed by atoms with Gasteiger partial charge < -0.3 is 5.73 Å². The Morgan fingerprint density at radius 2 is 2.07 bits per heavy atom. The van der Waals surface area contributed by atoms with Crippen molar-refractivity contribution in [1.29, 1.82) is 0 Å². The van der Waals surface area contributed by atoms with Crippen LogP contribution < -0.4 is 5.73 Å². The van der Waals surface area contributed by atoms with E-state index in [1.165, 1.54) is 44.9 Å². The molecule has 80 valence electrons. The van der Waals surface area contributed by atoms with Crippen LogP contribution in [0.25, 0.3) is 0 Å². The molecular formula is C13H23N. The summed E-state index contributed by atoms with van der Waals surface area (Å²) in [7, 11) is 0. The molecule has 5 atom stereocenters. The molecule has 3 rings (SSSR count). The highest BCUT2D eigenvalue weighted by Gasteiger charge is 2.56. The minimum Gasteiger partial charge on any atom is -0.327 e. The molecule has 0 aromatic rings.